The van der Waals surface area contributed by atoms with Gasteiger partial charge in [0.05, 0.1) is 48.1 Å². The number of benzene rings is 4. The molecule has 1 aliphatic heterocycles. The first-order chi connectivity index (χ1) is 25.4. The zero-order valence-corrected chi connectivity index (χ0v) is 31.8. The molecule has 0 unspecified atom stereocenters. The molecule has 5 rings (SSSR count). The van der Waals surface area contributed by atoms with Gasteiger partial charge in [-0.25, -0.2) is 13.2 Å². The Morgan fingerprint density at radius 1 is 1.02 bits per heavy atom. The highest BCUT2D eigenvalue weighted by atomic mass is 32.2. The molecule has 4 atom stereocenters. The summed E-state index contributed by atoms with van der Waals surface area (Å²) in [6, 6.07) is 23.5. The molecule has 0 aliphatic carbocycles. The number of hydrogen-bond acceptors (Lipinski definition) is 8. The fourth-order valence-electron chi connectivity index (χ4n) is 6.36. The Bertz CT molecular complexity index is 1970. The van der Waals surface area contributed by atoms with Crippen molar-refractivity contribution in [2.75, 3.05) is 51.1 Å². The molecular formula is C40H50N4O8S. The lowest BCUT2D eigenvalue weighted by atomic mass is 10.0. The number of nitrogens with one attached hydrogen (secondary N) is 2. The van der Waals surface area contributed by atoms with E-state index in [4.69, 9.17) is 14.2 Å². The standard InChI is InChI=1S/C40H50N4O8S/c1-27-24-44(28(2)26-45)39(46)35-23-31(41-40(47)42-36-15-10-13-30-12-6-7-14-34(30)36)16-21-37(35)52-29(3)11-8-9-22-51-38(27)25-43(4)53(48,49)33-19-17-32(50-5)18-20-33/h6-7,10,12-21,23,27-29,38,45H,8-9,11,22,24-26H2,1-5H3,(H2,41,42,47)/t27-,28-,29+,38-/m1/s1. The Morgan fingerprint density at radius 2 is 1.75 bits per heavy atom. The van der Waals surface area contributed by atoms with Crippen molar-refractivity contribution in [1.82, 2.24) is 9.21 Å². The Labute approximate surface area is 312 Å². The number of carbonyl (C=O) groups is 2. The van der Waals surface area contributed by atoms with Crippen LogP contribution in [0, 0.1) is 5.92 Å². The molecule has 0 saturated carbocycles. The van der Waals surface area contributed by atoms with Crippen LogP contribution in [0.25, 0.3) is 10.8 Å². The lowest BCUT2D eigenvalue weighted by Crippen LogP contribution is -2.48. The highest BCUT2D eigenvalue weighted by Crippen LogP contribution is 2.30. The molecule has 0 spiro atoms. The van der Waals surface area contributed by atoms with Gasteiger partial charge < -0.3 is 34.9 Å². The number of nitrogens with zero attached hydrogens (tertiary/aromatic N) is 2. The zero-order chi connectivity index (χ0) is 38.1. The van der Waals surface area contributed by atoms with Crippen molar-refractivity contribution in [3.63, 3.8) is 0 Å². The number of carbonyl (C=O) groups excluding carboxylic acids is 2. The van der Waals surface area contributed by atoms with E-state index in [9.17, 15) is 23.1 Å². The van der Waals surface area contributed by atoms with Gasteiger partial charge in [0.15, 0.2) is 0 Å². The average molecular weight is 747 g/mol. The Balaban J connectivity index is 1.41. The molecule has 3 N–H and O–H groups in total. The number of hydrogen-bond donors (Lipinski definition) is 3. The number of amides is 3. The van der Waals surface area contributed by atoms with Gasteiger partial charge in [0.2, 0.25) is 10.0 Å². The summed E-state index contributed by atoms with van der Waals surface area (Å²) >= 11 is 0. The van der Waals surface area contributed by atoms with Crippen molar-refractivity contribution < 1.29 is 37.3 Å². The lowest BCUT2D eigenvalue weighted by Gasteiger charge is -2.35. The molecule has 4 aromatic rings. The van der Waals surface area contributed by atoms with Gasteiger partial charge in [0.1, 0.15) is 11.5 Å². The first kappa shape index (κ1) is 39.5. The highest BCUT2D eigenvalue weighted by molar-refractivity contribution is 7.89. The van der Waals surface area contributed by atoms with Gasteiger partial charge >= 0.3 is 6.03 Å². The number of fused-ring (bicyclic) bond motifs is 2. The van der Waals surface area contributed by atoms with Crippen molar-refractivity contribution >= 4 is 44.1 Å². The van der Waals surface area contributed by atoms with E-state index in [1.165, 1.54) is 30.6 Å². The molecule has 1 heterocycles. The molecule has 0 radical (unpaired) electrons. The maximum absolute atomic E-state index is 14.5. The van der Waals surface area contributed by atoms with Gasteiger partial charge in [0, 0.05) is 43.7 Å². The van der Waals surface area contributed by atoms with E-state index in [0.29, 0.717) is 35.9 Å². The van der Waals surface area contributed by atoms with Crippen molar-refractivity contribution in [1.29, 1.82) is 0 Å². The first-order valence-electron chi connectivity index (χ1n) is 17.9. The van der Waals surface area contributed by atoms with Crippen LogP contribution < -0.4 is 20.1 Å². The number of rotatable bonds is 9. The molecule has 12 nitrogen and oxygen atoms in total. The SMILES string of the molecule is COc1ccc(S(=O)(=O)N(C)C[C@H]2OCCCC[C@H](C)Oc3ccc(NC(=O)Nc4cccc5ccccc45)cc3C(=O)N([C@H](C)CO)C[C@H]2C)cc1. The molecule has 0 bridgehead atoms. The summed E-state index contributed by atoms with van der Waals surface area (Å²) in [4.78, 5) is 29.4. The van der Waals surface area contributed by atoms with Crippen LogP contribution in [-0.4, -0.2) is 93.4 Å². The van der Waals surface area contributed by atoms with Gasteiger partial charge in [-0.1, -0.05) is 43.3 Å². The van der Waals surface area contributed by atoms with Crippen LogP contribution in [0.5, 0.6) is 11.5 Å². The first-order valence-corrected chi connectivity index (χ1v) is 19.4. The number of aliphatic hydroxyl groups excluding tert-OH is 1. The van der Waals surface area contributed by atoms with Crippen LogP contribution in [0.15, 0.2) is 89.8 Å². The largest absolute Gasteiger partial charge is 0.497 e. The molecule has 0 saturated heterocycles. The van der Waals surface area contributed by atoms with Crippen LogP contribution >= 0.6 is 0 Å². The van der Waals surface area contributed by atoms with E-state index in [0.717, 1.165) is 23.6 Å². The number of anilines is 2. The Kier molecular flexibility index (Phi) is 13.3. The van der Waals surface area contributed by atoms with Gasteiger partial charge in [-0.2, -0.15) is 4.31 Å². The third kappa shape index (κ3) is 9.85. The second kappa shape index (κ2) is 17.9. The van der Waals surface area contributed by atoms with Gasteiger partial charge in [-0.05, 0) is 87.0 Å². The van der Waals surface area contributed by atoms with Crippen LogP contribution in [0.2, 0.25) is 0 Å². The summed E-state index contributed by atoms with van der Waals surface area (Å²) < 4.78 is 46.3. The Morgan fingerprint density at radius 3 is 2.49 bits per heavy atom. The van der Waals surface area contributed by atoms with Crippen LogP contribution in [0.3, 0.4) is 0 Å². The Hall–Kier alpha value is -4.69. The summed E-state index contributed by atoms with van der Waals surface area (Å²) in [6.45, 7) is 5.86. The van der Waals surface area contributed by atoms with Crippen molar-refractivity contribution in [3.8, 4) is 11.5 Å². The molecule has 0 aromatic heterocycles. The van der Waals surface area contributed by atoms with Crippen LogP contribution in [0.4, 0.5) is 16.2 Å². The number of aliphatic hydroxyl groups is 1. The lowest BCUT2D eigenvalue weighted by molar-refractivity contribution is -0.00834. The smallest absolute Gasteiger partial charge is 0.323 e. The van der Waals surface area contributed by atoms with Crippen molar-refractivity contribution in [2.45, 2.75) is 63.2 Å². The highest BCUT2D eigenvalue weighted by Gasteiger charge is 2.32. The van der Waals surface area contributed by atoms with Gasteiger partial charge in [0.25, 0.3) is 5.91 Å². The van der Waals surface area contributed by atoms with Crippen molar-refractivity contribution in [3.05, 3.63) is 90.5 Å². The summed E-state index contributed by atoms with van der Waals surface area (Å²) in [6.07, 6.45) is 1.39. The number of urea groups is 1. The molecule has 284 valence electrons. The number of ether oxygens (including phenoxy) is 3. The van der Waals surface area contributed by atoms with E-state index in [-0.39, 0.29) is 42.2 Å². The molecule has 13 heteroatoms. The third-order valence-electron chi connectivity index (χ3n) is 9.55. The van der Waals surface area contributed by atoms with E-state index >= 15 is 0 Å². The zero-order valence-electron chi connectivity index (χ0n) is 30.9. The fourth-order valence-corrected chi connectivity index (χ4v) is 7.54. The maximum atomic E-state index is 14.5. The molecule has 0 fully saturated rings. The van der Waals surface area contributed by atoms with Gasteiger partial charge in [-0.3, -0.25) is 4.79 Å². The second-order valence-electron chi connectivity index (χ2n) is 13.6. The number of likely N-dealkylation sites (N-methyl/N-ethyl adjacent to an activating group) is 1. The second-order valence-corrected chi connectivity index (χ2v) is 15.6. The minimum absolute atomic E-state index is 0.0427. The summed E-state index contributed by atoms with van der Waals surface area (Å²) in [7, 11) is -0.834. The third-order valence-corrected chi connectivity index (χ3v) is 11.4. The molecular weight excluding hydrogens is 697 g/mol. The minimum atomic E-state index is -3.87. The van der Waals surface area contributed by atoms with Crippen LogP contribution in [0.1, 0.15) is 50.4 Å². The van der Waals surface area contributed by atoms with Gasteiger partial charge in [-0.15, -0.1) is 0 Å². The van der Waals surface area contributed by atoms with Crippen molar-refractivity contribution in [2.24, 2.45) is 5.92 Å². The van der Waals surface area contributed by atoms with E-state index in [1.54, 1.807) is 42.2 Å². The summed E-state index contributed by atoms with van der Waals surface area (Å²) in [5.41, 5.74) is 1.24. The summed E-state index contributed by atoms with van der Waals surface area (Å²) in [5.74, 6) is 0.153. The minimum Gasteiger partial charge on any atom is -0.497 e. The van der Waals surface area contributed by atoms with Crippen LogP contribution in [-0.2, 0) is 14.8 Å². The average Bonchev–Trinajstić information content (AvgIpc) is 3.16. The summed E-state index contributed by atoms with van der Waals surface area (Å²) in [5, 5.41) is 17.9. The van der Waals surface area contributed by atoms with E-state index in [1.807, 2.05) is 56.3 Å². The molecule has 1 aliphatic rings. The maximum Gasteiger partial charge on any atom is 0.323 e. The normalized spacial score (nSPS) is 19.5. The predicted octanol–water partition coefficient (Wildman–Crippen LogP) is 6.61. The molecule has 53 heavy (non-hydrogen) atoms. The number of sulfonamides is 1. The molecule has 3 amide bonds. The van der Waals surface area contributed by atoms with E-state index < -0.39 is 34.1 Å². The number of methoxy groups -OCH3 is 1. The fraction of sp³-hybridized carbons (Fsp3) is 0.400. The molecule has 4 aromatic carbocycles. The monoisotopic (exact) mass is 746 g/mol. The van der Waals surface area contributed by atoms with E-state index in [2.05, 4.69) is 10.6 Å². The topological polar surface area (TPSA) is 147 Å². The predicted molar refractivity (Wildman–Crippen MR) is 206 cm³/mol. The quantitative estimate of drug-likeness (QED) is 0.174.